The van der Waals surface area contributed by atoms with Crippen LogP contribution in [0.25, 0.3) is 11.0 Å². The lowest BCUT2D eigenvalue weighted by atomic mass is 10.1. The van der Waals surface area contributed by atoms with Crippen LogP contribution in [0.1, 0.15) is 43.5 Å². The van der Waals surface area contributed by atoms with Crippen molar-refractivity contribution in [1.82, 2.24) is 14.9 Å². The molecule has 1 fully saturated rings. The molecule has 0 saturated heterocycles. The summed E-state index contributed by atoms with van der Waals surface area (Å²) in [7, 11) is 2.08. The molecule has 1 aromatic carbocycles. The molecule has 20 heavy (non-hydrogen) atoms. The lowest BCUT2D eigenvalue weighted by Crippen LogP contribution is -2.25. The van der Waals surface area contributed by atoms with Crippen LogP contribution in [0.5, 0.6) is 0 Å². The van der Waals surface area contributed by atoms with Crippen molar-refractivity contribution in [1.29, 1.82) is 0 Å². The Labute approximate surface area is 119 Å². The number of hydrogen-bond donors (Lipinski definition) is 1. The summed E-state index contributed by atoms with van der Waals surface area (Å²) in [6, 6.07) is 6.16. The van der Waals surface area contributed by atoms with E-state index in [2.05, 4.69) is 29.9 Å². The number of fused-ring (bicyclic) bond motifs is 1. The van der Waals surface area contributed by atoms with Gasteiger partial charge < -0.3 is 9.88 Å². The highest BCUT2D eigenvalue weighted by molar-refractivity contribution is 5.82. The summed E-state index contributed by atoms with van der Waals surface area (Å²) in [6.45, 7) is 2.80. The Hall–Kier alpha value is -1.84. The molecule has 1 aliphatic carbocycles. The highest BCUT2D eigenvalue weighted by Crippen LogP contribution is 2.40. The third kappa shape index (κ3) is 2.55. The average molecular weight is 271 g/mol. The minimum absolute atomic E-state index is 0.0875. The smallest absolute Gasteiger partial charge is 0.224 e. The molecule has 0 unspecified atom stereocenters. The van der Waals surface area contributed by atoms with Gasteiger partial charge in [0.15, 0.2) is 0 Å². The first kappa shape index (κ1) is 13.2. The predicted molar refractivity (Wildman–Crippen MR) is 79.7 cm³/mol. The highest BCUT2D eigenvalue weighted by atomic mass is 16.1. The van der Waals surface area contributed by atoms with Crippen LogP contribution in [-0.4, -0.2) is 22.0 Å². The molecule has 2 aromatic rings. The van der Waals surface area contributed by atoms with Gasteiger partial charge in [0.05, 0.1) is 17.5 Å². The molecule has 0 atom stereocenters. The number of carbonyl (C=O) groups excluding carboxylic acids is 1. The van der Waals surface area contributed by atoms with E-state index in [0.29, 0.717) is 12.3 Å². The second-order valence-corrected chi connectivity index (χ2v) is 5.65. The number of aromatic nitrogens is 2. The van der Waals surface area contributed by atoms with E-state index in [1.165, 1.54) is 18.7 Å². The molecule has 1 heterocycles. The minimum atomic E-state index is 0.0875. The Bertz CT molecular complexity index is 640. The number of amides is 1. The maximum Gasteiger partial charge on any atom is 0.224 e. The van der Waals surface area contributed by atoms with Crippen LogP contribution >= 0.6 is 0 Å². The van der Waals surface area contributed by atoms with Gasteiger partial charge in [0.2, 0.25) is 5.91 Å². The fourth-order valence-electron chi connectivity index (χ4n) is 2.59. The van der Waals surface area contributed by atoms with Gasteiger partial charge in [0, 0.05) is 19.5 Å². The molecular weight excluding hydrogens is 250 g/mol. The van der Waals surface area contributed by atoms with E-state index in [-0.39, 0.29) is 5.91 Å². The van der Waals surface area contributed by atoms with Crippen LogP contribution < -0.4 is 5.32 Å². The Morgan fingerprint density at radius 1 is 1.45 bits per heavy atom. The zero-order chi connectivity index (χ0) is 14.1. The van der Waals surface area contributed by atoms with Crippen LogP contribution in [0, 0.1) is 0 Å². The van der Waals surface area contributed by atoms with E-state index in [1.807, 2.05) is 12.1 Å². The Morgan fingerprint density at radius 3 is 2.95 bits per heavy atom. The number of nitrogens with one attached hydrogen (secondary N) is 1. The first-order chi connectivity index (χ1) is 9.69. The summed E-state index contributed by atoms with van der Waals surface area (Å²) >= 11 is 0. The second kappa shape index (κ2) is 5.27. The Balaban J connectivity index is 1.81. The number of rotatable bonds is 5. The number of benzene rings is 1. The predicted octanol–water partition coefficient (Wildman–Crippen LogP) is 2.52. The molecule has 0 bridgehead atoms. The van der Waals surface area contributed by atoms with Gasteiger partial charge in [-0.15, -0.1) is 0 Å². The van der Waals surface area contributed by atoms with Crippen molar-refractivity contribution >= 4 is 16.9 Å². The summed E-state index contributed by atoms with van der Waals surface area (Å²) in [5.74, 6) is 1.92. The van der Waals surface area contributed by atoms with Crippen LogP contribution in [0.2, 0.25) is 0 Å². The van der Waals surface area contributed by atoms with Gasteiger partial charge in [0.25, 0.3) is 0 Å². The fourth-order valence-corrected chi connectivity index (χ4v) is 2.59. The van der Waals surface area contributed by atoms with Gasteiger partial charge in [-0.2, -0.15) is 0 Å². The van der Waals surface area contributed by atoms with Gasteiger partial charge in [-0.3, -0.25) is 4.79 Å². The summed E-state index contributed by atoms with van der Waals surface area (Å²) in [4.78, 5) is 16.5. The number of aryl methyl sites for hydroxylation is 1. The summed E-state index contributed by atoms with van der Waals surface area (Å²) in [6.07, 6.45) is 3.91. The van der Waals surface area contributed by atoms with Gasteiger partial charge in [-0.25, -0.2) is 4.98 Å². The van der Waals surface area contributed by atoms with Crippen molar-refractivity contribution in [2.24, 2.45) is 7.05 Å². The van der Waals surface area contributed by atoms with Gasteiger partial charge >= 0.3 is 0 Å². The van der Waals surface area contributed by atoms with E-state index in [0.717, 1.165) is 29.6 Å². The van der Waals surface area contributed by atoms with Crippen molar-refractivity contribution in [3.63, 3.8) is 0 Å². The van der Waals surface area contributed by atoms with E-state index in [9.17, 15) is 4.79 Å². The molecular formula is C16H21N3O. The van der Waals surface area contributed by atoms with E-state index < -0.39 is 0 Å². The third-order valence-electron chi connectivity index (χ3n) is 3.86. The molecule has 0 spiro atoms. The number of carbonyl (C=O) groups is 1. The van der Waals surface area contributed by atoms with Crippen molar-refractivity contribution in [3.8, 4) is 0 Å². The largest absolute Gasteiger partial charge is 0.356 e. The lowest BCUT2D eigenvalue weighted by molar-refractivity contribution is -0.120. The maximum absolute atomic E-state index is 11.8. The zero-order valence-electron chi connectivity index (χ0n) is 12.1. The van der Waals surface area contributed by atoms with Crippen molar-refractivity contribution in [2.45, 2.75) is 38.5 Å². The molecule has 3 rings (SSSR count). The van der Waals surface area contributed by atoms with E-state index in [1.54, 1.807) is 0 Å². The Kier molecular flexibility index (Phi) is 3.47. The third-order valence-corrected chi connectivity index (χ3v) is 3.86. The van der Waals surface area contributed by atoms with Gasteiger partial charge in [-0.1, -0.05) is 13.0 Å². The summed E-state index contributed by atoms with van der Waals surface area (Å²) in [5.41, 5.74) is 3.20. The molecule has 1 aliphatic rings. The van der Waals surface area contributed by atoms with Crippen LogP contribution in [-0.2, 0) is 18.3 Å². The fraction of sp³-hybridized carbons (Fsp3) is 0.500. The molecule has 0 aliphatic heterocycles. The monoisotopic (exact) mass is 271 g/mol. The zero-order valence-corrected chi connectivity index (χ0v) is 12.1. The quantitative estimate of drug-likeness (QED) is 0.908. The van der Waals surface area contributed by atoms with Crippen LogP contribution in [0.15, 0.2) is 18.2 Å². The van der Waals surface area contributed by atoms with Crippen molar-refractivity contribution in [2.75, 3.05) is 6.54 Å². The topological polar surface area (TPSA) is 46.9 Å². The normalized spacial score (nSPS) is 14.7. The molecule has 1 N–H and O–H groups in total. The van der Waals surface area contributed by atoms with Gasteiger partial charge in [0.1, 0.15) is 5.82 Å². The molecule has 0 radical (unpaired) electrons. The van der Waals surface area contributed by atoms with E-state index >= 15 is 0 Å². The maximum atomic E-state index is 11.8. The highest BCUT2D eigenvalue weighted by Gasteiger charge is 2.28. The Morgan fingerprint density at radius 2 is 2.25 bits per heavy atom. The number of imidazole rings is 1. The first-order valence-corrected chi connectivity index (χ1v) is 7.41. The standard InChI is InChI=1S/C16H21N3O/c1-3-8-17-15(20)10-11-4-7-14-13(9-11)18-16(19(14)2)12-5-6-12/h4,7,9,12H,3,5-6,8,10H2,1-2H3,(H,17,20). The molecule has 1 amide bonds. The van der Waals surface area contributed by atoms with Crippen LogP contribution in [0.4, 0.5) is 0 Å². The summed E-state index contributed by atoms with van der Waals surface area (Å²) in [5, 5.41) is 2.91. The molecule has 4 heteroatoms. The SMILES string of the molecule is CCCNC(=O)Cc1ccc2c(c1)nc(C1CC1)n2C. The number of nitrogens with zero attached hydrogens (tertiary/aromatic N) is 2. The number of hydrogen-bond acceptors (Lipinski definition) is 2. The second-order valence-electron chi connectivity index (χ2n) is 5.65. The summed E-state index contributed by atoms with van der Waals surface area (Å²) < 4.78 is 2.19. The first-order valence-electron chi connectivity index (χ1n) is 7.41. The van der Waals surface area contributed by atoms with Crippen molar-refractivity contribution < 1.29 is 4.79 Å². The van der Waals surface area contributed by atoms with Crippen LogP contribution in [0.3, 0.4) is 0 Å². The molecule has 106 valence electrons. The molecule has 4 nitrogen and oxygen atoms in total. The van der Waals surface area contributed by atoms with Crippen molar-refractivity contribution in [3.05, 3.63) is 29.6 Å². The average Bonchev–Trinajstić information content (AvgIpc) is 3.22. The minimum Gasteiger partial charge on any atom is -0.356 e. The molecule has 1 aromatic heterocycles. The van der Waals surface area contributed by atoms with E-state index in [4.69, 9.17) is 4.98 Å². The van der Waals surface area contributed by atoms with Gasteiger partial charge in [-0.05, 0) is 37.0 Å². The lowest BCUT2D eigenvalue weighted by Gasteiger charge is -2.04. The molecule has 1 saturated carbocycles.